The predicted molar refractivity (Wildman–Crippen MR) is 60.0 cm³/mol. The van der Waals surface area contributed by atoms with Crippen molar-refractivity contribution in [1.82, 2.24) is 9.80 Å². The number of carbonyl (C=O) groups excluding carboxylic acids is 2. The van der Waals surface area contributed by atoms with Crippen LogP contribution in [-0.2, 0) is 4.79 Å². The quantitative estimate of drug-likeness (QED) is 0.606. The highest BCUT2D eigenvalue weighted by molar-refractivity contribution is 6.09. The number of aliphatic hydroxyl groups is 1. The van der Waals surface area contributed by atoms with E-state index >= 15 is 0 Å². The van der Waals surface area contributed by atoms with E-state index in [0.29, 0.717) is 12.0 Å². The largest absolute Gasteiger partial charge is 0.388 e. The summed E-state index contributed by atoms with van der Waals surface area (Å²) in [4.78, 5) is 26.8. The molecule has 0 aromatic rings. The molecule has 0 aromatic carbocycles. The Balaban J connectivity index is 2.17. The molecule has 3 atom stereocenters. The molecule has 3 aliphatic rings. The Bertz CT molecular complexity index is 482. The van der Waals surface area contributed by atoms with E-state index in [4.69, 9.17) is 0 Å². The number of imide groups is 1. The molecule has 17 heavy (non-hydrogen) atoms. The molecule has 1 N–H and O–H groups in total. The number of hydrogen-bond donors (Lipinski definition) is 1. The lowest BCUT2D eigenvalue weighted by Gasteiger charge is -2.47. The van der Waals surface area contributed by atoms with E-state index in [2.05, 4.69) is 0 Å². The number of rotatable bonds is 0. The van der Waals surface area contributed by atoms with E-state index < -0.39 is 11.6 Å². The minimum absolute atomic E-state index is 0.191. The Morgan fingerprint density at radius 3 is 2.82 bits per heavy atom. The molecule has 90 valence electrons. The molecule has 1 saturated heterocycles. The van der Waals surface area contributed by atoms with Gasteiger partial charge in [-0.15, -0.1) is 0 Å². The average Bonchev–Trinajstić information content (AvgIpc) is 2.85. The second kappa shape index (κ2) is 2.98. The number of carbonyl (C=O) groups is 2. The molecule has 1 aliphatic heterocycles. The fourth-order valence-corrected chi connectivity index (χ4v) is 3.26. The van der Waals surface area contributed by atoms with Gasteiger partial charge in [0, 0.05) is 25.6 Å². The predicted octanol–water partition coefficient (Wildman–Crippen LogP) is 0.126. The van der Waals surface area contributed by atoms with E-state index in [0.717, 1.165) is 4.90 Å². The molecule has 1 fully saturated rings. The number of hydrogen-bond acceptors (Lipinski definition) is 3. The Labute approximate surface area is 99.0 Å². The topological polar surface area (TPSA) is 60.9 Å². The van der Waals surface area contributed by atoms with Crippen molar-refractivity contribution in [2.75, 3.05) is 14.1 Å². The van der Waals surface area contributed by atoms with Crippen molar-refractivity contribution >= 4 is 11.9 Å². The molecule has 0 bridgehead atoms. The lowest BCUT2D eigenvalue weighted by molar-refractivity contribution is -0.127. The number of aliphatic hydroxyl groups excluding tert-OH is 1. The Morgan fingerprint density at radius 2 is 2.12 bits per heavy atom. The van der Waals surface area contributed by atoms with E-state index in [1.54, 1.807) is 18.0 Å². The number of nitrogens with zero attached hydrogens (tertiary/aromatic N) is 2. The summed E-state index contributed by atoms with van der Waals surface area (Å²) in [6.45, 7) is 0. The minimum atomic E-state index is -0.686. The minimum Gasteiger partial charge on any atom is -0.388 e. The third-order valence-electron chi connectivity index (χ3n) is 4.20. The van der Waals surface area contributed by atoms with Gasteiger partial charge in [-0.25, -0.2) is 4.79 Å². The van der Waals surface area contributed by atoms with E-state index in [1.165, 1.54) is 7.05 Å². The summed E-state index contributed by atoms with van der Waals surface area (Å²) in [5, 5.41) is 10.00. The van der Waals surface area contributed by atoms with Crippen molar-refractivity contribution in [3.05, 3.63) is 23.8 Å². The van der Waals surface area contributed by atoms with Gasteiger partial charge in [-0.05, 0) is 12.5 Å². The second-order valence-electron chi connectivity index (χ2n) is 4.86. The smallest absolute Gasteiger partial charge is 0.327 e. The van der Waals surface area contributed by atoms with Crippen molar-refractivity contribution in [2.45, 2.75) is 18.1 Å². The highest BCUT2D eigenvalue weighted by Crippen LogP contribution is 2.50. The molecular formula is C12H14N2O3. The van der Waals surface area contributed by atoms with Gasteiger partial charge in [0.05, 0.1) is 11.6 Å². The van der Waals surface area contributed by atoms with Crippen LogP contribution in [-0.4, -0.2) is 52.6 Å². The van der Waals surface area contributed by atoms with Crippen LogP contribution >= 0.6 is 0 Å². The van der Waals surface area contributed by atoms with Crippen molar-refractivity contribution in [1.29, 1.82) is 0 Å². The van der Waals surface area contributed by atoms with E-state index in [9.17, 15) is 14.7 Å². The fraction of sp³-hybridized carbons (Fsp3) is 0.500. The zero-order chi connectivity index (χ0) is 12.4. The lowest BCUT2D eigenvalue weighted by Crippen LogP contribution is -2.63. The Kier molecular flexibility index (Phi) is 1.85. The number of amides is 3. The van der Waals surface area contributed by atoms with Crippen LogP contribution in [0.25, 0.3) is 0 Å². The summed E-state index contributed by atoms with van der Waals surface area (Å²) in [5.74, 6) is -0.484. The molecule has 0 radical (unpaired) electrons. The standard InChI is InChI=1S/C12H14N2O3/c1-13-10(16)8-6-9(15)7-4-3-5-12(7,8)14(2)11(13)17/h3-4,6-7,9,15H,5H2,1-2H3/t7-,9+,12?/m1/s1. The van der Waals surface area contributed by atoms with Crippen LogP contribution in [0.2, 0.25) is 0 Å². The molecule has 1 unspecified atom stereocenters. The monoisotopic (exact) mass is 234 g/mol. The maximum Gasteiger partial charge on any atom is 0.327 e. The van der Waals surface area contributed by atoms with Crippen molar-refractivity contribution < 1.29 is 14.7 Å². The zero-order valence-electron chi connectivity index (χ0n) is 9.75. The first-order chi connectivity index (χ1) is 8.00. The van der Waals surface area contributed by atoms with Gasteiger partial charge < -0.3 is 10.0 Å². The lowest BCUT2D eigenvalue weighted by atomic mass is 9.80. The fourth-order valence-electron chi connectivity index (χ4n) is 3.26. The van der Waals surface area contributed by atoms with Gasteiger partial charge in [-0.2, -0.15) is 0 Å². The van der Waals surface area contributed by atoms with Gasteiger partial charge in [0.25, 0.3) is 5.91 Å². The molecule has 1 spiro atoms. The summed E-state index contributed by atoms with van der Waals surface area (Å²) >= 11 is 0. The molecule has 3 rings (SSSR count). The summed E-state index contributed by atoms with van der Waals surface area (Å²) in [6.07, 6.45) is 5.34. The first-order valence-electron chi connectivity index (χ1n) is 5.63. The van der Waals surface area contributed by atoms with Gasteiger partial charge in [0.2, 0.25) is 0 Å². The van der Waals surface area contributed by atoms with Crippen molar-refractivity contribution in [3.8, 4) is 0 Å². The molecule has 5 nitrogen and oxygen atoms in total. The molecular weight excluding hydrogens is 220 g/mol. The maximum atomic E-state index is 12.1. The molecule has 2 aliphatic carbocycles. The van der Waals surface area contributed by atoms with Crippen LogP contribution in [0.5, 0.6) is 0 Å². The van der Waals surface area contributed by atoms with Gasteiger partial charge in [-0.1, -0.05) is 12.2 Å². The highest BCUT2D eigenvalue weighted by atomic mass is 16.3. The van der Waals surface area contributed by atoms with Gasteiger partial charge in [0.1, 0.15) is 0 Å². The normalized spacial score (nSPS) is 39.6. The van der Waals surface area contributed by atoms with Gasteiger partial charge in [-0.3, -0.25) is 9.69 Å². The van der Waals surface area contributed by atoms with Crippen LogP contribution < -0.4 is 0 Å². The summed E-state index contributed by atoms with van der Waals surface area (Å²) in [7, 11) is 3.16. The van der Waals surface area contributed by atoms with Crippen LogP contribution in [0.4, 0.5) is 4.79 Å². The van der Waals surface area contributed by atoms with E-state index in [-0.39, 0.29) is 17.9 Å². The molecule has 0 saturated carbocycles. The first-order valence-corrected chi connectivity index (χ1v) is 5.63. The molecule has 3 amide bonds. The SMILES string of the molecule is CN1C(=O)C2=C[C@H](O)[C@H]3C=CCC23N(C)C1=O. The zero-order valence-corrected chi connectivity index (χ0v) is 9.75. The van der Waals surface area contributed by atoms with Crippen LogP contribution in [0, 0.1) is 5.92 Å². The summed E-state index contributed by atoms with van der Waals surface area (Å²) in [6, 6.07) is -0.310. The van der Waals surface area contributed by atoms with Crippen LogP contribution in [0.3, 0.4) is 0 Å². The van der Waals surface area contributed by atoms with Gasteiger partial charge in [0.15, 0.2) is 0 Å². The molecule has 5 heteroatoms. The molecule has 0 aromatic heterocycles. The summed E-state index contributed by atoms with van der Waals surface area (Å²) in [5.41, 5.74) is -0.107. The van der Waals surface area contributed by atoms with Crippen LogP contribution in [0.1, 0.15) is 6.42 Å². The van der Waals surface area contributed by atoms with Crippen molar-refractivity contribution in [2.24, 2.45) is 5.92 Å². The van der Waals surface area contributed by atoms with E-state index in [1.807, 2.05) is 12.2 Å². The summed E-state index contributed by atoms with van der Waals surface area (Å²) < 4.78 is 0. The number of likely N-dealkylation sites (N-methyl/N-ethyl adjacent to an activating group) is 2. The van der Waals surface area contributed by atoms with Crippen molar-refractivity contribution in [3.63, 3.8) is 0 Å². The highest BCUT2D eigenvalue weighted by Gasteiger charge is 2.60. The maximum absolute atomic E-state index is 12.1. The Hall–Kier alpha value is -1.62. The third-order valence-corrected chi connectivity index (χ3v) is 4.20. The number of urea groups is 1. The molecule has 1 heterocycles. The second-order valence-corrected chi connectivity index (χ2v) is 4.86. The Morgan fingerprint density at radius 1 is 1.41 bits per heavy atom. The third kappa shape index (κ3) is 0.982. The average molecular weight is 234 g/mol. The first kappa shape index (κ1) is 10.5. The van der Waals surface area contributed by atoms with Gasteiger partial charge >= 0.3 is 6.03 Å². The van der Waals surface area contributed by atoms with Crippen LogP contribution in [0.15, 0.2) is 23.8 Å².